The number of carbonyl (C=O) groups excluding carboxylic acids is 1. The van der Waals surface area contributed by atoms with E-state index in [1.54, 1.807) is 4.90 Å². The van der Waals surface area contributed by atoms with Crippen molar-refractivity contribution in [2.45, 2.75) is 13.8 Å². The molecule has 5 nitrogen and oxygen atoms in total. The number of aliphatic hydroxyl groups excluding tert-OH is 1. The number of amides is 2. The highest BCUT2D eigenvalue weighted by molar-refractivity contribution is 5.89. The maximum absolute atomic E-state index is 12.0. The Kier molecular flexibility index (Phi) is 6.15. The Bertz CT molecular complexity index is 409. The third-order valence-corrected chi connectivity index (χ3v) is 3.05. The van der Waals surface area contributed by atoms with Gasteiger partial charge in [-0.1, -0.05) is 6.07 Å². The van der Waals surface area contributed by atoms with E-state index in [9.17, 15) is 4.79 Å². The van der Waals surface area contributed by atoms with E-state index in [1.165, 1.54) is 0 Å². The molecular formula is C14H23N3O2. The van der Waals surface area contributed by atoms with Gasteiger partial charge in [-0.15, -0.1) is 0 Å². The van der Waals surface area contributed by atoms with Gasteiger partial charge in [-0.25, -0.2) is 4.79 Å². The molecule has 0 fully saturated rings. The van der Waals surface area contributed by atoms with Crippen molar-refractivity contribution in [3.8, 4) is 0 Å². The Balaban J connectivity index is 2.73. The van der Waals surface area contributed by atoms with Gasteiger partial charge in [-0.2, -0.15) is 0 Å². The lowest BCUT2D eigenvalue weighted by atomic mass is 10.2. The molecule has 0 spiro atoms. The van der Waals surface area contributed by atoms with Crippen LogP contribution in [-0.2, 0) is 0 Å². The van der Waals surface area contributed by atoms with Gasteiger partial charge in [-0.05, 0) is 32.0 Å². The summed E-state index contributed by atoms with van der Waals surface area (Å²) >= 11 is 0. The van der Waals surface area contributed by atoms with E-state index in [1.807, 2.05) is 38.2 Å². The molecule has 5 heteroatoms. The Hall–Kier alpha value is -1.75. The minimum absolute atomic E-state index is 0.0279. The van der Waals surface area contributed by atoms with Gasteiger partial charge in [0.05, 0.1) is 6.61 Å². The molecule has 0 bridgehead atoms. The molecule has 0 saturated heterocycles. The molecule has 0 saturated carbocycles. The van der Waals surface area contributed by atoms with Crippen LogP contribution in [0.1, 0.15) is 13.8 Å². The van der Waals surface area contributed by atoms with E-state index < -0.39 is 0 Å². The number of benzene rings is 1. The second-order valence-corrected chi connectivity index (χ2v) is 4.30. The van der Waals surface area contributed by atoms with Gasteiger partial charge in [0.15, 0.2) is 0 Å². The Morgan fingerprint density at radius 2 is 2.05 bits per heavy atom. The van der Waals surface area contributed by atoms with Gasteiger partial charge >= 0.3 is 6.03 Å². The summed E-state index contributed by atoms with van der Waals surface area (Å²) in [6, 6.07) is 7.53. The molecule has 0 aliphatic heterocycles. The number of anilines is 2. The number of hydrogen-bond donors (Lipinski definition) is 2. The maximum atomic E-state index is 12.0. The standard InChI is InChI=1S/C14H23N3O2/c1-4-16(3)13-8-6-7-12(11-13)15-14(19)17(5-2)9-10-18/h6-8,11,18H,4-5,9-10H2,1-3H3,(H,15,19). The Morgan fingerprint density at radius 1 is 1.32 bits per heavy atom. The number of rotatable bonds is 6. The predicted molar refractivity (Wildman–Crippen MR) is 78.7 cm³/mol. The van der Waals surface area contributed by atoms with Gasteiger partial charge in [0, 0.05) is 38.1 Å². The lowest BCUT2D eigenvalue weighted by Gasteiger charge is -2.21. The molecule has 106 valence electrons. The Labute approximate surface area is 114 Å². The zero-order chi connectivity index (χ0) is 14.3. The molecular weight excluding hydrogens is 242 g/mol. The number of carbonyl (C=O) groups is 1. The van der Waals surface area contributed by atoms with Crippen LogP contribution in [0.25, 0.3) is 0 Å². The molecule has 0 unspecified atom stereocenters. The summed E-state index contributed by atoms with van der Waals surface area (Å²) in [5, 5.41) is 11.7. The number of likely N-dealkylation sites (N-methyl/N-ethyl adjacent to an activating group) is 1. The lowest BCUT2D eigenvalue weighted by Crippen LogP contribution is -2.36. The second kappa shape index (κ2) is 7.63. The highest BCUT2D eigenvalue weighted by Gasteiger charge is 2.11. The zero-order valence-corrected chi connectivity index (χ0v) is 11.9. The molecule has 1 aromatic rings. The van der Waals surface area contributed by atoms with E-state index >= 15 is 0 Å². The zero-order valence-electron chi connectivity index (χ0n) is 11.9. The van der Waals surface area contributed by atoms with Gasteiger partial charge in [0.2, 0.25) is 0 Å². The van der Waals surface area contributed by atoms with Crippen LogP contribution in [0.3, 0.4) is 0 Å². The number of urea groups is 1. The molecule has 0 atom stereocenters. The number of nitrogens with zero attached hydrogens (tertiary/aromatic N) is 2. The van der Waals surface area contributed by atoms with Crippen molar-refractivity contribution in [1.29, 1.82) is 0 Å². The van der Waals surface area contributed by atoms with Gasteiger partial charge in [0.1, 0.15) is 0 Å². The van der Waals surface area contributed by atoms with Crippen LogP contribution < -0.4 is 10.2 Å². The number of nitrogens with one attached hydrogen (secondary N) is 1. The fraction of sp³-hybridized carbons (Fsp3) is 0.500. The van der Waals surface area contributed by atoms with Crippen LogP contribution in [0.15, 0.2) is 24.3 Å². The van der Waals surface area contributed by atoms with E-state index in [0.29, 0.717) is 13.1 Å². The number of hydrogen-bond acceptors (Lipinski definition) is 3. The van der Waals surface area contributed by atoms with Gasteiger partial charge in [-0.3, -0.25) is 0 Å². The molecule has 19 heavy (non-hydrogen) atoms. The first-order chi connectivity index (χ1) is 9.12. The van der Waals surface area contributed by atoms with E-state index in [-0.39, 0.29) is 12.6 Å². The molecule has 0 aromatic heterocycles. The van der Waals surface area contributed by atoms with Crippen molar-refractivity contribution in [2.24, 2.45) is 0 Å². The first kappa shape index (κ1) is 15.3. The van der Waals surface area contributed by atoms with Crippen LogP contribution in [-0.4, -0.2) is 49.3 Å². The first-order valence-electron chi connectivity index (χ1n) is 6.60. The van der Waals surface area contributed by atoms with E-state index in [2.05, 4.69) is 17.1 Å². The minimum Gasteiger partial charge on any atom is -0.395 e. The topological polar surface area (TPSA) is 55.8 Å². The molecule has 2 N–H and O–H groups in total. The smallest absolute Gasteiger partial charge is 0.321 e. The van der Waals surface area contributed by atoms with E-state index in [4.69, 9.17) is 5.11 Å². The van der Waals surface area contributed by atoms with Crippen LogP contribution in [0.2, 0.25) is 0 Å². The fourth-order valence-electron chi connectivity index (χ4n) is 1.73. The summed E-state index contributed by atoms with van der Waals surface area (Å²) in [5.41, 5.74) is 1.82. The van der Waals surface area contributed by atoms with Crippen molar-refractivity contribution >= 4 is 17.4 Å². The Morgan fingerprint density at radius 3 is 2.63 bits per heavy atom. The molecule has 0 aliphatic carbocycles. The summed E-state index contributed by atoms with van der Waals surface area (Å²) in [7, 11) is 2.01. The average molecular weight is 265 g/mol. The SMILES string of the molecule is CCN(CCO)C(=O)Nc1cccc(N(C)CC)c1. The van der Waals surface area contributed by atoms with Crippen molar-refractivity contribution in [3.63, 3.8) is 0 Å². The van der Waals surface area contributed by atoms with E-state index in [0.717, 1.165) is 17.9 Å². The van der Waals surface area contributed by atoms with Gasteiger partial charge < -0.3 is 20.2 Å². The first-order valence-corrected chi connectivity index (χ1v) is 6.60. The monoisotopic (exact) mass is 265 g/mol. The van der Waals surface area contributed by atoms with Gasteiger partial charge in [0.25, 0.3) is 0 Å². The van der Waals surface area contributed by atoms with Crippen molar-refractivity contribution in [3.05, 3.63) is 24.3 Å². The largest absolute Gasteiger partial charge is 0.395 e. The second-order valence-electron chi connectivity index (χ2n) is 4.30. The predicted octanol–water partition coefficient (Wildman–Crippen LogP) is 1.99. The third-order valence-electron chi connectivity index (χ3n) is 3.05. The maximum Gasteiger partial charge on any atom is 0.321 e. The summed E-state index contributed by atoms with van der Waals surface area (Å²) in [5.74, 6) is 0. The normalized spacial score (nSPS) is 10.1. The van der Waals surface area contributed by atoms with Crippen LogP contribution in [0.4, 0.5) is 16.2 Å². The molecule has 0 aliphatic rings. The molecule has 2 amide bonds. The summed E-state index contributed by atoms with van der Waals surface area (Å²) in [6.45, 7) is 5.75. The molecule has 1 rings (SSSR count). The van der Waals surface area contributed by atoms with Crippen molar-refractivity contribution in [2.75, 3.05) is 43.5 Å². The average Bonchev–Trinajstić information content (AvgIpc) is 2.43. The van der Waals surface area contributed by atoms with Crippen molar-refractivity contribution in [1.82, 2.24) is 4.90 Å². The summed E-state index contributed by atoms with van der Waals surface area (Å²) in [6.07, 6.45) is 0. The fourth-order valence-corrected chi connectivity index (χ4v) is 1.73. The highest BCUT2D eigenvalue weighted by Crippen LogP contribution is 2.18. The lowest BCUT2D eigenvalue weighted by molar-refractivity contribution is 0.192. The van der Waals surface area contributed by atoms with Crippen molar-refractivity contribution < 1.29 is 9.90 Å². The molecule has 1 aromatic carbocycles. The molecule has 0 heterocycles. The van der Waals surface area contributed by atoms with Crippen LogP contribution in [0.5, 0.6) is 0 Å². The number of aliphatic hydroxyl groups is 1. The summed E-state index contributed by atoms with van der Waals surface area (Å²) < 4.78 is 0. The summed E-state index contributed by atoms with van der Waals surface area (Å²) in [4.78, 5) is 15.6. The third kappa shape index (κ3) is 4.44. The minimum atomic E-state index is -0.187. The van der Waals surface area contributed by atoms with Crippen LogP contribution >= 0.6 is 0 Å². The molecule has 0 radical (unpaired) electrons. The van der Waals surface area contributed by atoms with Crippen LogP contribution in [0, 0.1) is 0 Å². The quantitative estimate of drug-likeness (QED) is 0.827. The highest BCUT2D eigenvalue weighted by atomic mass is 16.3.